The minimum absolute atomic E-state index is 0.317. The fourth-order valence-corrected chi connectivity index (χ4v) is 2.23. The van der Waals surface area contributed by atoms with Crippen molar-refractivity contribution in [3.05, 3.63) is 53.7 Å². The van der Waals surface area contributed by atoms with Gasteiger partial charge in [-0.05, 0) is 42.0 Å². The number of aromatic nitrogens is 1. The van der Waals surface area contributed by atoms with Crippen molar-refractivity contribution >= 4 is 0 Å². The molecule has 0 spiro atoms. The summed E-state index contributed by atoms with van der Waals surface area (Å²) in [6.45, 7) is 8.92. The van der Waals surface area contributed by atoms with Gasteiger partial charge in [0.1, 0.15) is 0 Å². The zero-order chi connectivity index (χ0) is 13.2. The van der Waals surface area contributed by atoms with Crippen LogP contribution in [0.4, 0.5) is 0 Å². The van der Waals surface area contributed by atoms with E-state index in [2.05, 4.69) is 63.0 Å². The zero-order valence-electron chi connectivity index (χ0n) is 11.7. The first kappa shape index (κ1) is 12.8. The van der Waals surface area contributed by atoms with Gasteiger partial charge in [0.2, 0.25) is 0 Å². The summed E-state index contributed by atoms with van der Waals surface area (Å²) < 4.78 is 0. The number of pyridine rings is 1. The molecule has 0 aliphatic heterocycles. The maximum Gasteiger partial charge on any atom is 0.0731 e. The molecule has 0 unspecified atom stereocenters. The quantitative estimate of drug-likeness (QED) is 0.743. The molecule has 0 bridgehead atoms. The maximum absolute atomic E-state index is 4.49. The molecule has 1 heterocycles. The highest BCUT2D eigenvalue weighted by Crippen LogP contribution is 2.25. The van der Waals surface area contributed by atoms with Crippen LogP contribution in [0.2, 0.25) is 0 Å². The van der Waals surface area contributed by atoms with Crippen LogP contribution in [-0.4, -0.2) is 4.98 Å². The lowest BCUT2D eigenvalue weighted by atomic mass is 9.87. The third-order valence-corrected chi connectivity index (χ3v) is 2.94. The third-order valence-electron chi connectivity index (χ3n) is 2.94. The van der Waals surface area contributed by atoms with Gasteiger partial charge in [-0.1, -0.05) is 45.0 Å². The second kappa shape index (κ2) is 4.93. The molecule has 1 nitrogen and oxygen atoms in total. The van der Waals surface area contributed by atoms with Crippen LogP contribution in [0, 0.1) is 12.3 Å². The van der Waals surface area contributed by atoms with Crippen molar-refractivity contribution in [2.24, 2.45) is 5.41 Å². The Morgan fingerprint density at radius 2 is 1.83 bits per heavy atom. The summed E-state index contributed by atoms with van der Waals surface area (Å²) in [4.78, 5) is 4.49. The number of benzene rings is 1. The monoisotopic (exact) mass is 239 g/mol. The Hall–Kier alpha value is -1.63. The van der Waals surface area contributed by atoms with E-state index >= 15 is 0 Å². The van der Waals surface area contributed by atoms with E-state index in [0.717, 1.165) is 12.1 Å². The Bertz CT molecular complexity index is 535. The van der Waals surface area contributed by atoms with Crippen LogP contribution in [0.3, 0.4) is 0 Å². The van der Waals surface area contributed by atoms with E-state index in [9.17, 15) is 0 Å². The van der Waals surface area contributed by atoms with Crippen molar-refractivity contribution < 1.29 is 0 Å². The van der Waals surface area contributed by atoms with Gasteiger partial charge in [-0.25, -0.2) is 0 Å². The van der Waals surface area contributed by atoms with Crippen molar-refractivity contribution in [2.45, 2.75) is 34.1 Å². The average Bonchev–Trinajstić information content (AvgIpc) is 2.27. The molecule has 0 atom stereocenters. The number of hydrogen-bond acceptors (Lipinski definition) is 1. The molecule has 0 amide bonds. The number of hydrogen-bond donors (Lipinski definition) is 0. The molecule has 18 heavy (non-hydrogen) atoms. The van der Waals surface area contributed by atoms with Gasteiger partial charge in [-0.2, -0.15) is 0 Å². The van der Waals surface area contributed by atoms with Crippen LogP contribution in [0.25, 0.3) is 11.3 Å². The molecule has 1 aromatic heterocycles. The zero-order valence-corrected chi connectivity index (χ0v) is 11.7. The van der Waals surface area contributed by atoms with Crippen molar-refractivity contribution in [3.8, 4) is 11.3 Å². The van der Waals surface area contributed by atoms with E-state index in [1.807, 2.05) is 12.3 Å². The molecule has 0 fully saturated rings. The lowest BCUT2D eigenvalue weighted by molar-refractivity contribution is 0.411. The van der Waals surface area contributed by atoms with E-state index in [4.69, 9.17) is 0 Å². The molecule has 0 aliphatic carbocycles. The maximum atomic E-state index is 4.49. The van der Waals surface area contributed by atoms with Crippen molar-refractivity contribution in [1.82, 2.24) is 4.98 Å². The first-order valence-electron chi connectivity index (χ1n) is 6.47. The Balaban J connectivity index is 2.36. The summed E-state index contributed by atoms with van der Waals surface area (Å²) >= 11 is 0. The SMILES string of the molecule is Cc1cccnc1-c1cccc(CC(C)(C)C)c1. The van der Waals surface area contributed by atoms with Crippen molar-refractivity contribution in [2.75, 3.05) is 0 Å². The molecule has 94 valence electrons. The van der Waals surface area contributed by atoms with E-state index in [0.29, 0.717) is 5.41 Å². The number of aryl methyl sites for hydroxylation is 1. The van der Waals surface area contributed by atoms with Gasteiger partial charge in [-0.3, -0.25) is 4.98 Å². The number of rotatable bonds is 2. The van der Waals surface area contributed by atoms with Crippen LogP contribution in [0.5, 0.6) is 0 Å². The molecule has 0 aliphatic rings. The van der Waals surface area contributed by atoms with E-state index in [1.54, 1.807) is 0 Å². The smallest absolute Gasteiger partial charge is 0.0731 e. The van der Waals surface area contributed by atoms with Crippen molar-refractivity contribution in [1.29, 1.82) is 0 Å². The minimum atomic E-state index is 0.317. The van der Waals surface area contributed by atoms with E-state index in [-0.39, 0.29) is 0 Å². The molecule has 0 saturated heterocycles. The summed E-state index contributed by atoms with van der Waals surface area (Å²) in [5, 5.41) is 0. The topological polar surface area (TPSA) is 12.9 Å². The average molecular weight is 239 g/mol. The lowest BCUT2D eigenvalue weighted by Gasteiger charge is -2.18. The second-order valence-electron chi connectivity index (χ2n) is 6.11. The highest BCUT2D eigenvalue weighted by Gasteiger charge is 2.12. The highest BCUT2D eigenvalue weighted by molar-refractivity contribution is 5.63. The second-order valence-corrected chi connectivity index (χ2v) is 6.11. The van der Waals surface area contributed by atoms with E-state index < -0.39 is 0 Å². The molecule has 1 aromatic carbocycles. The van der Waals surface area contributed by atoms with Crippen LogP contribution in [-0.2, 0) is 6.42 Å². The molecule has 0 N–H and O–H groups in total. The Kier molecular flexibility index (Phi) is 3.51. The molecule has 1 heteroatoms. The summed E-state index contributed by atoms with van der Waals surface area (Å²) in [6, 6.07) is 12.8. The van der Waals surface area contributed by atoms with Crippen molar-refractivity contribution in [3.63, 3.8) is 0 Å². The predicted molar refractivity (Wildman–Crippen MR) is 77.6 cm³/mol. The first-order chi connectivity index (χ1) is 8.46. The standard InChI is InChI=1S/C17H21N/c1-13-7-6-10-18-16(13)15-9-5-8-14(11-15)12-17(2,3)4/h5-11H,12H2,1-4H3. The molecular formula is C17H21N. The first-order valence-corrected chi connectivity index (χ1v) is 6.47. The Labute approximate surface area is 110 Å². The Morgan fingerprint density at radius 3 is 2.50 bits per heavy atom. The van der Waals surface area contributed by atoms with Gasteiger partial charge in [0.05, 0.1) is 5.69 Å². The Morgan fingerprint density at radius 1 is 1.06 bits per heavy atom. The number of nitrogens with zero attached hydrogens (tertiary/aromatic N) is 1. The van der Waals surface area contributed by atoms with Crippen LogP contribution < -0.4 is 0 Å². The summed E-state index contributed by atoms with van der Waals surface area (Å²) in [6.07, 6.45) is 2.95. The van der Waals surface area contributed by atoms with Gasteiger partial charge >= 0.3 is 0 Å². The van der Waals surface area contributed by atoms with Gasteiger partial charge in [-0.15, -0.1) is 0 Å². The predicted octanol–water partition coefficient (Wildman–Crippen LogP) is 4.65. The normalized spacial score (nSPS) is 11.6. The highest BCUT2D eigenvalue weighted by atomic mass is 14.7. The molecule has 0 radical (unpaired) electrons. The fraction of sp³-hybridized carbons (Fsp3) is 0.353. The van der Waals surface area contributed by atoms with Gasteiger partial charge < -0.3 is 0 Å². The van der Waals surface area contributed by atoms with E-state index in [1.165, 1.54) is 16.7 Å². The lowest BCUT2D eigenvalue weighted by Crippen LogP contribution is -2.09. The van der Waals surface area contributed by atoms with Gasteiger partial charge in [0, 0.05) is 11.8 Å². The summed E-state index contributed by atoms with van der Waals surface area (Å²) in [5.74, 6) is 0. The van der Waals surface area contributed by atoms with Crippen LogP contribution in [0.15, 0.2) is 42.6 Å². The summed E-state index contributed by atoms with van der Waals surface area (Å²) in [7, 11) is 0. The minimum Gasteiger partial charge on any atom is -0.256 e. The van der Waals surface area contributed by atoms with Gasteiger partial charge in [0.25, 0.3) is 0 Å². The summed E-state index contributed by atoms with van der Waals surface area (Å²) in [5.41, 5.74) is 5.23. The largest absolute Gasteiger partial charge is 0.256 e. The molecule has 0 saturated carbocycles. The van der Waals surface area contributed by atoms with Crippen LogP contribution >= 0.6 is 0 Å². The van der Waals surface area contributed by atoms with Crippen LogP contribution in [0.1, 0.15) is 31.9 Å². The molecule has 2 rings (SSSR count). The van der Waals surface area contributed by atoms with Gasteiger partial charge in [0.15, 0.2) is 0 Å². The molecule has 2 aromatic rings. The molecular weight excluding hydrogens is 218 g/mol. The third kappa shape index (κ3) is 3.19. The fourth-order valence-electron chi connectivity index (χ4n) is 2.23.